The van der Waals surface area contributed by atoms with E-state index in [1.54, 1.807) is 0 Å². The lowest BCUT2D eigenvalue weighted by Gasteiger charge is -2.21. The number of hydrogen-bond donors (Lipinski definition) is 0. The molecule has 0 nitrogen and oxygen atoms in total. The summed E-state index contributed by atoms with van der Waals surface area (Å²) >= 11 is 0. The molecule has 6 atom stereocenters. The molecule has 0 heterocycles. The lowest BCUT2D eigenvalue weighted by atomic mass is 9.74. The normalized spacial score (nSPS) is 58.9. The van der Waals surface area contributed by atoms with Gasteiger partial charge in [-0.3, -0.25) is 0 Å². The maximum Gasteiger partial charge on any atom is 0.0703 e. The van der Waals surface area contributed by atoms with Crippen molar-refractivity contribution in [3.8, 4) is 0 Å². The summed E-state index contributed by atoms with van der Waals surface area (Å²) in [5.41, 5.74) is 0. The van der Waals surface area contributed by atoms with Crippen LogP contribution in [0.3, 0.4) is 0 Å². The van der Waals surface area contributed by atoms with Gasteiger partial charge in [-0.15, -0.1) is 0 Å². The van der Waals surface area contributed by atoms with Crippen molar-refractivity contribution in [3.63, 3.8) is 0 Å². The molecule has 12 heavy (non-hydrogen) atoms. The maximum absolute atomic E-state index is 6.16. The third kappa shape index (κ3) is 1.05. The fraction of sp³-hybridized carbons (Fsp3) is 1.00. The molecule has 1 heteroatoms. The summed E-state index contributed by atoms with van der Waals surface area (Å²) < 4.78 is 0. The van der Waals surface area contributed by atoms with Gasteiger partial charge in [-0.25, -0.2) is 0 Å². The van der Waals surface area contributed by atoms with Gasteiger partial charge in [-0.1, -0.05) is 33.0 Å². The van der Waals surface area contributed by atoms with Gasteiger partial charge < -0.3 is 0 Å². The number of rotatable bonds is 0. The monoisotopic (exact) mass is 162 g/mol. The summed E-state index contributed by atoms with van der Waals surface area (Å²) in [7, 11) is 6.16. The third-order valence-electron chi connectivity index (χ3n) is 4.30. The van der Waals surface area contributed by atoms with Crippen LogP contribution in [0.2, 0.25) is 5.82 Å². The molecule has 0 aliphatic heterocycles. The summed E-state index contributed by atoms with van der Waals surface area (Å²) in [6.07, 6.45) is 2.68. The van der Waals surface area contributed by atoms with Crippen LogP contribution in [0.4, 0.5) is 0 Å². The molecule has 2 aliphatic rings. The SMILES string of the molecule is [B]C1CC(C)C2C(C)CC(C)C12. The van der Waals surface area contributed by atoms with Crippen molar-refractivity contribution in [3.05, 3.63) is 0 Å². The van der Waals surface area contributed by atoms with Crippen molar-refractivity contribution in [2.24, 2.45) is 29.6 Å². The molecule has 2 fully saturated rings. The molecule has 2 radical (unpaired) electrons. The molecule has 2 aliphatic carbocycles. The molecule has 0 aromatic rings. The third-order valence-corrected chi connectivity index (χ3v) is 4.30. The van der Waals surface area contributed by atoms with E-state index >= 15 is 0 Å². The number of fused-ring (bicyclic) bond motifs is 1. The van der Waals surface area contributed by atoms with Crippen LogP contribution in [0.1, 0.15) is 33.6 Å². The van der Waals surface area contributed by atoms with Crippen molar-refractivity contribution in [2.75, 3.05) is 0 Å². The molecular weight excluding hydrogens is 143 g/mol. The van der Waals surface area contributed by atoms with Gasteiger partial charge in [0.25, 0.3) is 0 Å². The Bertz CT molecular complexity index is 142. The Balaban J connectivity index is 2.20. The van der Waals surface area contributed by atoms with Gasteiger partial charge >= 0.3 is 0 Å². The van der Waals surface area contributed by atoms with Gasteiger partial charge in [0.05, 0.1) is 7.85 Å². The summed E-state index contributed by atoms with van der Waals surface area (Å²) in [5.74, 6) is 4.97. The zero-order valence-corrected chi connectivity index (χ0v) is 8.46. The largest absolute Gasteiger partial charge is 0.0738 e. The minimum Gasteiger partial charge on any atom is -0.0738 e. The van der Waals surface area contributed by atoms with Crippen LogP contribution in [0.5, 0.6) is 0 Å². The average molecular weight is 162 g/mol. The predicted molar refractivity (Wildman–Crippen MR) is 53.2 cm³/mol. The minimum absolute atomic E-state index is 0.505. The van der Waals surface area contributed by atoms with Crippen molar-refractivity contribution >= 4 is 7.85 Å². The standard InChI is InChI=1S/C11H19B/c1-6-4-7(2)11-9(12)5-8(3)10(6)11/h6-11H,4-5H2,1-3H3. The maximum atomic E-state index is 6.16. The van der Waals surface area contributed by atoms with Crippen LogP contribution < -0.4 is 0 Å². The predicted octanol–water partition coefficient (Wildman–Crippen LogP) is 2.89. The Hall–Kier alpha value is 0.0649. The van der Waals surface area contributed by atoms with Crippen LogP contribution in [0.15, 0.2) is 0 Å². The van der Waals surface area contributed by atoms with Gasteiger partial charge in [0.1, 0.15) is 0 Å². The van der Waals surface area contributed by atoms with Crippen LogP contribution in [-0.2, 0) is 0 Å². The van der Waals surface area contributed by atoms with E-state index in [4.69, 9.17) is 7.85 Å². The number of hydrogen-bond acceptors (Lipinski definition) is 0. The van der Waals surface area contributed by atoms with E-state index in [1.807, 2.05) is 0 Å². The smallest absolute Gasteiger partial charge is 0.0703 e. The molecule has 0 bridgehead atoms. The van der Waals surface area contributed by atoms with Crippen molar-refractivity contribution in [2.45, 2.75) is 39.4 Å². The Morgan fingerprint density at radius 3 is 1.92 bits per heavy atom. The Labute approximate surface area is 77.5 Å². The molecule has 0 N–H and O–H groups in total. The molecule has 0 spiro atoms. The highest BCUT2D eigenvalue weighted by molar-refractivity contribution is 6.12. The molecule has 6 unspecified atom stereocenters. The zero-order chi connectivity index (χ0) is 8.88. The average Bonchev–Trinajstić information content (AvgIpc) is 2.38. The lowest BCUT2D eigenvalue weighted by Crippen LogP contribution is -2.15. The molecular formula is C11H19B. The second-order valence-electron chi connectivity index (χ2n) is 5.22. The molecule has 0 saturated heterocycles. The van der Waals surface area contributed by atoms with Crippen molar-refractivity contribution in [1.29, 1.82) is 0 Å². The molecule has 2 rings (SSSR count). The van der Waals surface area contributed by atoms with E-state index in [1.165, 1.54) is 12.8 Å². The van der Waals surface area contributed by atoms with E-state index < -0.39 is 0 Å². The molecule has 0 aromatic carbocycles. The van der Waals surface area contributed by atoms with Gasteiger partial charge in [-0.2, -0.15) is 0 Å². The van der Waals surface area contributed by atoms with E-state index in [2.05, 4.69) is 20.8 Å². The van der Waals surface area contributed by atoms with Crippen LogP contribution >= 0.6 is 0 Å². The first-order chi connectivity index (χ1) is 5.61. The molecule has 66 valence electrons. The molecule has 0 amide bonds. The van der Waals surface area contributed by atoms with E-state index in [0.717, 1.165) is 29.6 Å². The van der Waals surface area contributed by atoms with E-state index in [-0.39, 0.29) is 0 Å². The Morgan fingerprint density at radius 2 is 1.33 bits per heavy atom. The first-order valence-electron chi connectivity index (χ1n) is 5.37. The van der Waals surface area contributed by atoms with Crippen molar-refractivity contribution in [1.82, 2.24) is 0 Å². The van der Waals surface area contributed by atoms with Crippen LogP contribution in [0, 0.1) is 29.6 Å². The lowest BCUT2D eigenvalue weighted by molar-refractivity contribution is 0.292. The van der Waals surface area contributed by atoms with Crippen LogP contribution in [0.25, 0.3) is 0 Å². The van der Waals surface area contributed by atoms with Gasteiger partial charge in [0.2, 0.25) is 0 Å². The highest BCUT2D eigenvalue weighted by Gasteiger charge is 2.48. The van der Waals surface area contributed by atoms with Gasteiger partial charge in [0.15, 0.2) is 0 Å². The van der Waals surface area contributed by atoms with Crippen molar-refractivity contribution < 1.29 is 0 Å². The molecule has 2 saturated carbocycles. The highest BCUT2D eigenvalue weighted by atomic mass is 14.5. The first-order valence-corrected chi connectivity index (χ1v) is 5.37. The summed E-state index contributed by atoms with van der Waals surface area (Å²) in [6, 6.07) is 0. The quantitative estimate of drug-likeness (QED) is 0.480. The zero-order valence-electron chi connectivity index (χ0n) is 8.46. The van der Waals surface area contributed by atoms with E-state index in [9.17, 15) is 0 Å². The fourth-order valence-corrected chi connectivity index (χ4v) is 4.05. The fourth-order valence-electron chi connectivity index (χ4n) is 4.05. The molecule has 0 aromatic heterocycles. The second-order valence-corrected chi connectivity index (χ2v) is 5.22. The first kappa shape index (κ1) is 8.65. The topological polar surface area (TPSA) is 0 Å². The van der Waals surface area contributed by atoms with E-state index in [0.29, 0.717) is 5.82 Å². The van der Waals surface area contributed by atoms with Gasteiger partial charge in [0, 0.05) is 0 Å². The summed E-state index contributed by atoms with van der Waals surface area (Å²) in [6.45, 7) is 7.19. The minimum atomic E-state index is 0.505. The highest BCUT2D eigenvalue weighted by Crippen LogP contribution is 2.57. The second kappa shape index (κ2) is 2.78. The Kier molecular flexibility index (Phi) is 2.01. The summed E-state index contributed by atoms with van der Waals surface area (Å²) in [5, 5.41) is 0. The van der Waals surface area contributed by atoms with Crippen LogP contribution in [-0.4, -0.2) is 7.85 Å². The summed E-state index contributed by atoms with van der Waals surface area (Å²) in [4.78, 5) is 0. The van der Waals surface area contributed by atoms with Gasteiger partial charge in [-0.05, 0) is 36.0 Å². The Morgan fingerprint density at radius 1 is 0.833 bits per heavy atom.